The van der Waals surface area contributed by atoms with E-state index in [9.17, 15) is 0 Å². The monoisotopic (exact) mass is 242 g/mol. The molecule has 94 valence electrons. The summed E-state index contributed by atoms with van der Waals surface area (Å²) in [6, 6.07) is 11.8. The van der Waals surface area contributed by atoms with Crippen LogP contribution in [0.15, 0.2) is 36.4 Å². The van der Waals surface area contributed by atoms with Gasteiger partial charge in [0.1, 0.15) is 5.75 Å². The molecule has 3 nitrogen and oxygen atoms in total. The van der Waals surface area contributed by atoms with Crippen molar-refractivity contribution in [2.24, 2.45) is 0 Å². The van der Waals surface area contributed by atoms with Crippen LogP contribution in [0.2, 0.25) is 0 Å². The van der Waals surface area contributed by atoms with E-state index in [-0.39, 0.29) is 0 Å². The number of hydrogen-bond acceptors (Lipinski definition) is 3. The van der Waals surface area contributed by atoms with Gasteiger partial charge in [0, 0.05) is 5.69 Å². The molecule has 0 amide bonds. The molecule has 0 atom stereocenters. The first-order valence-electron chi connectivity index (χ1n) is 6.00. The molecule has 0 saturated heterocycles. The van der Waals surface area contributed by atoms with Crippen LogP contribution in [0.25, 0.3) is 11.1 Å². The number of ether oxygens (including phenoxy) is 1. The van der Waals surface area contributed by atoms with Crippen molar-refractivity contribution in [2.45, 2.75) is 13.8 Å². The molecule has 2 rings (SSSR count). The quantitative estimate of drug-likeness (QED) is 0.812. The van der Waals surface area contributed by atoms with Gasteiger partial charge in [-0.1, -0.05) is 12.1 Å². The van der Waals surface area contributed by atoms with E-state index in [0.717, 1.165) is 28.1 Å². The maximum atomic E-state index is 5.86. The summed E-state index contributed by atoms with van der Waals surface area (Å²) in [5, 5.41) is 0. The summed E-state index contributed by atoms with van der Waals surface area (Å²) in [5.74, 6) is 0.726. The molecule has 0 fully saturated rings. The van der Waals surface area contributed by atoms with Crippen LogP contribution in [-0.4, -0.2) is 6.61 Å². The lowest BCUT2D eigenvalue weighted by Crippen LogP contribution is -1.97. The Bertz CT molecular complexity index is 564. The molecule has 0 aliphatic rings. The predicted molar refractivity (Wildman–Crippen MR) is 76.6 cm³/mol. The highest BCUT2D eigenvalue weighted by molar-refractivity contribution is 5.72. The average molecular weight is 242 g/mol. The molecular weight excluding hydrogens is 224 g/mol. The molecule has 0 heterocycles. The lowest BCUT2D eigenvalue weighted by atomic mass is 10.0. The summed E-state index contributed by atoms with van der Waals surface area (Å²) < 4.78 is 5.50. The third-order valence-corrected chi connectivity index (χ3v) is 2.92. The van der Waals surface area contributed by atoms with Gasteiger partial charge in [-0.3, -0.25) is 0 Å². The van der Waals surface area contributed by atoms with E-state index in [1.807, 2.05) is 44.2 Å². The Labute approximate surface area is 107 Å². The maximum absolute atomic E-state index is 5.86. The van der Waals surface area contributed by atoms with Crippen LogP contribution >= 0.6 is 0 Å². The third-order valence-electron chi connectivity index (χ3n) is 2.92. The maximum Gasteiger partial charge on any atom is 0.142 e. The second-order valence-corrected chi connectivity index (χ2v) is 4.26. The molecule has 2 aromatic rings. The van der Waals surface area contributed by atoms with Crippen molar-refractivity contribution in [1.29, 1.82) is 0 Å². The van der Waals surface area contributed by atoms with Gasteiger partial charge in [-0.05, 0) is 54.8 Å². The van der Waals surface area contributed by atoms with E-state index >= 15 is 0 Å². The SMILES string of the molecule is CCOc1cc(-c2ccc(N)c(C)c2)ccc1N. The largest absolute Gasteiger partial charge is 0.492 e. The van der Waals surface area contributed by atoms with E-state index in [4.69, 9.17) is 16.2 Å². The van der Waals surface area contributed by atoms with Crippen molar-refractivity contribution in [2.75, 3.05) is 18.1 Å². The van der Waals surface area contributed by atoms with Crippen LogP contribution in [0.3, 0.4) is 0 Å². The van der Waals surface area contributed by atoms with Crippen LogP contribution in [0, 0.1) is 6.92 Å². The van der Waals surface area contributed by atoms with Crippen LogP contribution in [0.5, 0.6) is 5.75 Å². The molecular formula is C15H18N2O. The zero-order chi connectivity index (χ0) is 13.1. The minimum absolute atomic E-state index is 0.606. The number of rotatable bonds is 3. The van der Waals surface area contributed by atoms with Gasteiger partial charge in [-0.15, -0.1) is 0 Å². The van der Waals surface area contributed by atoms with E-state index in [1.165, 1.54) is 0 Å². The standard InChI is InChI=1S/C15H18N2O/c1-3-18-15-9-12(5-7-14(15)17)11-4-6-13(16)10(2)8-11/h4-9H,3,16-17H2,1-2H3. The molecule has 18 heavy (non-hydrogen) atoms. The van der Waals surface area contributed by atoms with E-state index in [0.29, 0.717) is 12.3 Å². The van der Waals surface area contributed by atoms with Gasteiger partial charge in [-0.2, -0.15) is 0 Å². The first kappa shape index (κ1) is 12.3. The van der Waals surface area contributed by atoms with Crippen LogP contribution < -0.4 is 16.2 Å². The molecule has 0 aromatic heterocycles. The zero-order valence-electron chi connectivity index (χ0n) is 10.7. The topological polar surface area (TPSA) is 61.3 Å². The first-order valence-corrected chi connectivity index (χ1v) is 6.00. The van der Waals surface area contributed by atoms with Crippen molar-refractivity contribution < 1.29 is 4.74 Å². The minimum Gasteiger partial charge on any atom is -0.492 e. The number of hydrogen-bond donors (Lipinski definition) is 2. The van der Waals surface area contributed by atoms with Crippen molar-refractivity contribution >= 4 is 11.4 Å². The summed E-state index contributed by atoms with van der Waals surface area (Å²) in [6.45, 7) is 4.55. The second-order valence-electron chi connectivity index (χ2n) is 4.26. The Balaban J connectivity index is 2.44. The lowest BCUT2D eigenvalue weighted by Gasteiger charge is -2.10. The van der Waals surface area contributed by atoms with E-state index in [2.05, 4.69) is 6.07 Å². The minimum atomic E-state index is 0.606. The molecule has 0 aliphatic carbocycles. The van der Waals surface area contributed by atoms with Gasteiger partial charge >= 0.3 is 0 Å². The highest BCUT2D eigenvalue weighted by Crippen LogP contribution is 2.30. The Hall–Kier alpha value is -2.16. The number of aryl methyl sites for hydroxylation is 1. The summed E-state index contributed by atoms with van der Waals surface area (Å²) in [7, 11) is 0. The Morgan fingerprint density at radius 3 is 2.17 bits per heavy atom. The second kappa shape index (κ2) is 5.00. The number of benzene rings is 2. The smallest absolute Gasteiger partial charge is 0.142 e. The molecule has 2 aromatic carbocycles. The van der Waals surface area contributed by atoms with Gasteiger partial charge in [0.05, 0.1) is 12.3 Å². The lowest BCUT2D eigenvalue weighted by molar-refractivity contribution is 0.342. The Morgan fingerprint density at radius 2 is 1.56 bits per heavy atom. The number of anilines is 2. The highest BCUT2D eigenvalue weighted by atomic mass is 16.5. The summed E-state index contributed by atoms with van der Waals surface area (Å²) in [4.78, 5) is 0. The number of nitrogens with two attached hydrogens (primary N) is 2. The first-order chi connectivity index (χ1) is 8.61. The van der Waals surface area contributed by atoms with Gasteiger partial charge in [0.15, 0.2) is 0 Å². The van der Waals surface area contributed by atoms with Gasteiger partial charge in [-0.25, -0.2) is 0 Å². The molecule has 0 spiro atoms. The highest BCUT2D eigenvalue weighted by Gasteiger charge is 2.05. The fraction of sp³-hybridized carbons (Fsp3) is 0.200. The van der Waals surface area contributed by atoms with E-state index in [1.54, 1.807) is 0 Å². The normalized spacial score (nSPS) is 10.3. The van der Waals surface area contributed by atoms with E-state index < -0.39 is 0 Å². The Morgan fingerprint density at radius 1 is 0.944 bits per heavy atom. The number of nitrogen functional groups attached to an aromatic ring is 2. The van der Waals surface area contributed by atoms with Gasteiger partial charge in [0.25, 0.3) is 0 Å². The molecule has 3 heteroatoms. The van der Waals surface area contributed by atoms with Crippen molar-refractivity contribution in [3.8, 4) is 16.9 Å². The van der Waals surface area contributed by atoms with Crippen molar-refractivity contribution in [3.05, 3.63) is 42.0 Å². The van der Waals surface area contributed by atoms with Crippen LogP contribution in [-0.2, 0) is 0 Å². The summed E-state index contributed by atoms with van der Waals surface area (Å²) in [5.41, 5.74) is 16.4. The Kier molecular flexibility index (Phi) is 3.42. The fourth-order valence-corrected chi connectivity index (χ4v) is 1.85. The summed E-state index contributed by atoms with van der Waals surface area (Å²) >= 11 is 0. The van der Waals surface area contributed by atoms with Crippen LogP contribution in [0.4, 0.5) is 11.4 Å². The molecule has 0 saturated carbocycles. The molecule has 4 N–H and O–H groups in total. The van der Waals surface area contributed by atoms with Crippen LogP contribution in [0.1, 0.15) is 12.5 Å². The molecule has 0 unspecified atom stereocenters. The molecule has 0 aliphatic heterocycles. The van der Waals surface area contributed by atoms with Gasteiger partial charge < -0.3 is 16.2 Å². The molecule has 0 radical (unpaired) electrons. The summed E-state index contributed by atoms with van der Waals surface area (Å²) in [6.07, 6.45) is 0. The van der Waals surface area contributed by atoms with Crippen molar-refractivity contribution in [1.82, 2.24) is 0 Å². The van der Waals surface area contributed by atoms with Gasteiger partial charge in [0.2, 0.25) is 0 Å². The average Bonchev–Trinajstić information content (AvgIpc) is 2.36. The molecule has 0 bridgehead atoms. The zero-order valence-corrected chi connectivity index (χ0v) is 10.7. The van der Waals surface area contributed by atoms with Crippen molar-refractivity contribution in [3.63, 3.8) is 0 Å². The predicted octanol–water partition coefficient (Wildman–Crippen LogP) is 3.23. The third kappa shape index (κ3) is 2.40. The fourth-order valence-electron chi connectivity index (χ4n) is 1.85.